The minimum Gasteiger partial charge on any atom is -0.492 e. The molecule has 1 aromatic carbocycles. The lowest BCUT2D eigenvalue weighted by atomic mass is 10.0. The molecule has 0 amide bonds. The molecule has 3 unspecified atom stereocenters. The van der Waals surface area contributed by atoms with Gasteiger partial charge in [-0.1, -0.05) is 25.1 Å². The van der Waals surface area contributed by atoms with Gasteiger partial charge in [0.1, 0.15) is 12.4 Å². The summed E-state index contributed by atoms with van der Waals surface area (Å²) >= 11 is 1.89. The second-order valence-electron chi connectivity index (χ2n) is 4.61. The Bertz CT molecular complexity index is 386. The maximum absolute atomic E-state index is 8.99. The summed E-state index contributed by atoms with van der Waals surface area (Å²) in [5.41, 5.74) is 1.24. The Morgan fingerprint density at radius 3 is 3.00 bits per heavy atom. The minimum absolute atomic E-state index is 0.253. The van der Waals surface area contributed by atoms with E-state index in [1.165, 1.54) is 5.56 Å². The van der Waals surface area contributed by atoms with Crippen LogP contribution in [-0.2, 0) is 0 Å². The van der Waals surface area contributed by atoms with Crippen molar-refractivity contribution in [2.75, 3.05) is 20.3 Å². The lowest BCUT2D eigenvalue weighted by molar-refractivity contribution is 0.263. The Morgan fingerprint density at radius 1 is 1.50 bits per heavy atom. The number of hydrogen-bond acceptors (Lipinski definition) is 4. The summed E-state index contributed by atoms with van der Waals surface area (Å²) in [6.45, 7) is 3.14. The van der Waals surface area contributed by atoms with E-state index < -0.39 is 0 Å². The van der Waals surface area contributed by atoms with E-state index in [4.69, 9.17) is 9.84 Å². The van der Waals surface area contributed by atoms with Crippen LogP contribution >= 0.6 is 11.8 Å². The molecule has 2 rings (SSSR count). The number of nitrogens with one attached hydrogen (secondary N) is 1. The zero-order valence-electron chi connectivity index (χ0n) is 10.9. The first-order valence-electron chi connectivity index (χ1n) is 6.41. The molecule has 0 radical (unpaired) electrons. The number of ether oxygens (including phenoxy) is 1. The van der Waals surface area contributed by atoms with Gasteiger partial charge in [0, 0.05) is 17.4 Å². The molecular weight excluding hydrogens is 246 g/mol. The predicted molar refractivity (Wildman–Crippen MR) is 76.3 cm³/mol. The van der Waals surface area contributed by atoms with Gasteiger partial charge >= 0.3 is 0 Å². The summed E-state index contributed by atoms with van der Waals surface area (Å²) in [7, 11) is 2.00. The van der Waals surface area contributed by atoms with Gasteiger partial charge in [-0.15, -0.1) is 11.8 Å². The normalized spacial score (nSPS) is 24.2. The maximum Gasteiger partial charge on any atom is 0.124 e. The minimum atomic E-state index is 0.253. The zero-order chi connectivity index (χ0) is 13.0. The molecule has 1 aromatic rings. The van der Waals surface area contributed by atoms with E-state index in [2.05, 4.69) is 24.4 Å². The summed E-state index contributed by atoms with van der Waals surface area (Å²) in [6.07, 6.45) is 0.833. The van der Waals surface area contributed by atoms with Crippen molar-refractivity contribution in [2.45, 2.75) is 29.9 Å². The van der Waals surface area contributed by atoms with Crippen LogP contribution in [0.5, 0.6) is 5.75 Å². The molecule has 4 heteroatoms. The van der Waals surface area contributed by atoms with E-state index in [1.54, 1.807) is 0 Å². The average molecular weight is 267 g/mol. The van der Waals surface area contributed by atoms with Gasteiger partial charge in [0.15, 0.2) is 0 Å². The van der Waals surface area contributed by atoms with Gasteiger partial charge in [-0.3, -0.25) is 0 Å². The predicted octanol–water partition coefficient (Wildman–Crippen LogP) is 2.21. The van der Waals surface area contributed by atoms with Crippen LogP contribution in [0.1, 0.15) is 24.9 Å². The summed E-state index contributed by atoms with van der Waals surface area (Å²) in [4.78, 5) is 0. The van der Waals surface area contributed by atoms with Gasteiger partial charge in [0.2, 0.25) is 0 Å². The first-order valence-corrected chi connectivity index (χ1v) is 7.36. The zero-order valence-corrected chi connectivity index (χ0v) is 11.7. The molecule has 0 aliphatic carbocycles. The van der Waals surface area contributed by atoms with Crippen molar-refractivity contribution in [2.24, 2.45) is 0 Å². The van der Waals surface area contributed by atoms with Crippen LogP contribution in [0.25, 0.3) is 0 Å². The lowest BCUT2D eigenvalue weighted by Gasteiger charge is -2.34. The molecule has 3 nitrogen and oxygen atoms in total. The van der Waals surface area contributed by atoms with E-state index in [9.17, 15) is 0 Å². The molecule has 1 aliphatic rings. The van der Waals surface area contributed by atoms with Crippen molar-refractivity contribution in [3.8, 4) is 5.75 Å². The quantitative estimate of drug-likeness (QED) is 0.858. The summed E-state index contributed by atoms with van der Waals surface area (Å²) in [6, 6.07) is 8.53. The number of fused-ring (bicyclic) bond motifs is 1. The Morgan fingerprint density at radius 2 is 2.28 bits per heavy atom. The molecule has 0 bridgehead atoms. The number of benzene rings is 1. The van der Waals surface area contributed by atoms with Gasteiger partial charge in [-0.25, -0.2) is 0 Å². The molecule has 0 saturated carbocycles. The average Bonchev–Trinajstić information content (AvgIpc) is 2.38. The molecule has 1 heterocycles. The SMILES string of the molecule is CNC1c2ccccc2OCC1SC(C)CCO. The second kappa shape index (κ2) is 6.45. The van der Waals surface area contributed by atoms with Crippen molar-refractivity contribution in [3.63, 3.8) is 0 Å². The molecule has 18 heavy (non-hydrogen) atoms. The van der Waals surface area contributed by atoms with Crippen molar-refractivity contribution in [1.82, 2.24) is 5.32 Å². The number of rotatable bonds is 5. The Labute approximate surface area is 113 Å². The number of aliphatic hydroxyl groups excluding tert-OH is 1. The van der Waals surface area contributed by atoms with Crippen LogP contribution < -0.4 is 10.1 Å². The van der Waals surface area contributed by atoms with Crippen LogP contribution in [0.15, 0.2) is 24.3 Å². The van der Waals surface area contributed by atoms with Crippen LogP contribution in [0.2, 0.25) is 0 Å². The van der Waals surface area contributed by atoms with E-state index >= 15 is 0 Å². The fourth-order valence-corrected chi connectivity index (χ4v) is 3.77. The molecule has 0 spiro atoms. The molecule has 0 saturated heterocycles. The highest BCUT2D eigenvalue weighted by Gasteiger charge is 2.30. The fourth-order valence-electron chi connectivity index (χ4n) is 2.34. The third-order valence-corrected chi connectivity index (χ3v) is 4.74. The van der Waals surface area contributed by atoms with Gasteiger partial charge in [0.25, 0.3) is 0 Å². The lowest BCUT2D eigenvalue weighted by Crippen LogP contribution is -2.36. The van der Waals surface area contributed by atoms with Gasteiger partial charge in [0.05, 0.1) is 11.3 Å². The largest absolute Gasteiger partial charge is 0.492 e. The van der Waals surface area contributed by atoms with Gasteiger partial charge in [-0.05, 0) is 19.5 Å². The Kier molecular flexibility index (Phi) is 4.92. The highest BCUT2D eigenvalue weighted by molar-refractivity contribution is 8.00. The smallest absolute Gasteiger partial charge is 0.124 e. The maximum atomic E-state index is 8.99. The van der Waals surface area contributed by atoms with E-state index in [1.807, 2.05) is 30.9 Å². The summed E-state index contributed by atoms with van der Waals surface area (Å²) < 4.78 is 5.82. The topological polar surface area (TPSA) is 41.5 Å². The fraction of sp³-hybridized carbons (Fsp3) is 0.571. The molecule has 1 aliphatic heterocycles. The monoisotopic (exact) mass is 267 g/mol. The summed E-state index contributed by atoms with van der Waals surface area (Å²) in [5.74, 6) is 0.989. The Balaban J connectivity index is 2.10. The third kappa shape index (κ3) is 2.99. The van der Waals surface area contributed by atoms with E-state index in [-0.39, 0.29) is 6.61 Å². The van der Waals surface area contributed by atoms with E-state index in [0.29, 0.717) is 16.5 Å². The highest BCUT2D eigenvalue weighted by atomic mass is 32.2. The molecule has 100 valence electrons. The first kappa shape index (κ1) is 13.7. The van der Waals surface area contributed by atoms with Gasteiger partial charge < -0.3 is 15.2 Å². The van der Waals surface area contributed by atoms with Crippen molar-refractivity contribution < 1.29 is 9.84 Å². The summed E-state index contributed by atoms with van der Waals surface area (Å²) in [5, 5.41) is 13.2. The van der Waals surface area contributed by atoms with Crippen LogP contribution in [0.3, 0.4) is 0 Å². The number of hydrogen-bond donors (Lipinski definition) is 2. The van der Waals surface area contributed by atoms with Crippen molar-refractivity contribution in [1.29, 1.82) is 0 Å². The molecule has 0 fully saturated rings. The molecule has 0 aromatic heterocycles. The highest BCUT2D eigenvalue weighted by Crippen LogP contribution is 2.38. The Hall–Kier alpha value is -0.710. The number of aliphatic hydroxyl groups is 1. The van der Waals surface area contributed by atoms with Crippen LogP contribution in [-0.4, -0.2) is 35.9 Å². The molecule has 2 N–H and O–H groups in total. The standard InChI is InChI=1S/C14H21NO2S/c1-10(7-8-16)18-13-9-17-12-6-4-3-5-11(12)14(13)15-2/h3-6,10,13-16H,7-9H2,1-2H3. The second-order valence-corrected chi connectivity index (χ2v) is 6.30. The van der Waals surface area contributed by atoms with Crippen molar-refractivity contribution in [3.05, 3.63) is 29.8 Å². The van der Waals surface area contributed by atoms with E-state index in [0.717, 1.165) is 18.8 Å². The van der Waals surface area contributed by atoms with Crippen molar-refractivity contribution >= 4 is 11.8 Å². The third-order valence-electron chi connectivity index (χ3n) is 3.28. The number of thioether (sulfide) groups is 1. The van der Waals surface area contributed by atoms with Crippen LogP contribution in [0, 0.1) is 0 Å². The molecule has 3 atom stereocenters. The molecular formula is C14H21NO2S. The first-order chi connectivity index (χ1) is 8.76. The number of para-hydroxylation sites is 1. The van der Waals surface area contributed by atoms with Gasteiger partial charge in [-0.2, -0.15) is 0 Å². The van der Waals surface area contributed by atoms with Crippen LogP contribution in [0.4, 0.5) is 0 Å².